The zero-order valence-corrected chi connectivity index (χ0v) is 17.3. The first-order chi connectivity index (χ1) is 13.5. The van der Waals surface area contributed by atoms with E-state index in [2.05, 4.69) is 26.6 Å². The highest BCUT2D eigenvalue weighted by molar-refractivity contribution is 9.10. The highest BCUT2D eigenvalue weighted by Crippen LogP contribution is 2.24. The van der Waals surface area contributed by atoms with E-state index < -0.39 is 0 Å². The van der Waals surface area contributed by atoms with E-state index in [0.29, 0.717) is 17.1 Å². The van der Waals surface area contributed by atoms with E-state index in [9.17, 15) is 4.79 Å². The van der Waals surface area contributed by atoms with E-state index in [1.807, 2.05) is 54.6 Å². The Balaban J connectivity index is 1.60. The van der Waals surface area contributed by atoms with Crippen molar-refractivity contribution < 1.29 is 14.3 Å². The maximum atomic E-state index is 12.5. The van der Waals surface area contributed by atoms with Gasteiger partial charge in [-0.1, -0.05) is 34.1 Å². The van der Waals surface area contributed by atoms with Crippen LogP contribution in [0.4, 0.5) is 5.69 Å². The molecule has 2 N–H and O–H groups in total. The summed E-state index contributed by atoms with van der Waals surface area (Å²) in [5, 5.41) is 5.81. The molecule has 0 aromatic heterocycles. The lowest BCUT2D eigenvalue weighted by molar-refractivity contribution is 0.0974. The Hall–Kier alpha value is -2.90. The lowest BCUT2D eigenvalue weighted by Crippen LogP contribution is -2.34. The number of rotatable bonds is 5. The predicted molar refractivity (Wildman–Crippen MR) is 117 cm³/mol. The number of nitrogens with one attached hydrogen (secondary N) is 2. The van der Waals surface area contributed by atoms with Crippen LogP contribution in [0.25, 0.3) is 0 Å². The number of hydrogen-bond donors (Lipinski definition) is 2. The highest BCUT2D eigenvalue weighted by Gasteiger charge is 2.14. The monoisotopic (exact) mass is 456 g/mol. The molecule has 0 spiro atoms. The summed E-state index contributed by atoms with van der Waals surface area (Å²) in [5.74, 6) is 1.56. The summed E-state index contributed by atoms with van der Waals surface area (Å²) in [6.45, 7) is 0. The molecule has 1 amide bonds. The smallest absolute Gasteiger partial charge is 0.261 e. The number of benzene rings is 3. The number of carbonyl (C=O) groups excluding carboxylic acids is 1. The molecule has 142 valence electrons. The third-order valence-electron chi connectivity index (χ3n) is 3.72. The molecule has 3 aromatic carbocycles. The quantitative estimate of drug-likeness (QED) is 0.504. The van der Waals surface area contributed by atoms with Gasteiger partial charge in [0.1, 0.15) is 17.2 Å². The van der Waals surface area contributed by atoms with Crippen molar-refractivity contribution in [3.8, 4) is 17.2 Å². The zero-order chi connectivity index (χ0) is 19.9. The molecule has 3 rings (SSSR count). The van der Waals surface area contributed by atoms with Crippen LogP contribution in [-0.2, 0) is 0 Å². The molecule has 0 saturated heterocycles. The Morgan fingerprint density at radius 2 is 1.64 bits per heavy atom. The van der Waals surface area contributed by atoms with Crippen LogP contribution in [0.1, 0.15) is 10.4 Å². The van der Waals surface area contributed by atoms with Crippen LogP contribution >= 0.6 is 28.1 Å². The third-order valence-corrected chi connectivity index (χ3v) is 4.42. The normalized spacial score (nSPS) is 10.1. The van der Waals surface area contributed by atoms with Crippen LogP contribution in [0.15, 0.2) is 77.3 Å². The topological polar surface area (TPSA) is 59.6 Å². The molecular weight excluding hydrogens is 440 g/mol. The molecule has 0 aliphatic carbocycles. The zero-order valence-electron chi connectivity index (χ0n) is 14.9. The molecule has 0 radical (unpaired) electrons. The van der Waals surface area contributed by atoms with Crippen LogP contribution in [0.3, 0.4) is 0 Å². The van der Waals surface area contributed by atoms with E-state index in [1.54, 1.807) is 18.2 Å². The van der Waals surface area contributed by atoms with Crippen molar-refractivity contribution in [3.63, 3.8) is 0 Å². The molecule has 0 aliphatic rings. The van der Waals surface area contributed by atoms with E-state index in [0.717, 1.165) is 15.9 Å². The molecule has 0 unspecified atom stereocenters. The molecule has 0 bridgehead atoms. The number of carbonyl (C=O) groups is 1. The number of thiocarbonyl (C=S) groups is 1. The van der Waals surface area contributed by atoms with Gasteiger partial charge in [-0.2, -0.15) is 0 Å². The molecule has 0 fully saturated rings. The van der Waals surface area contributed by atoms with E-state index in [4.69, 9.17) is 21.7 Å². The minimum absolute atomic E-state index is 0.184. The van der Waals surface area contributed by atoms with Crippen LogP contribution in [0.5, 0.6) is 17.2 Å². The molecule has 0 aliphatic heterocycles. The van der Waals surface area contributed by atoms with Crippen LogP contribution in [-0.4, -0.2) is 18.1 Å². The fourth-order valence-electron chi connectivity index (χ4n) is 2.42. The van der Waals surface area contributed by atoms with Gasteiger partial charge in [-0.15, -0.1) is 0 Å². The lowest BCUT2D eigenvalue weighted by Gasteiger charge is -2.12. The molecule has 0 atom stereocenters. The van der Waals surface area contributed by atoms with Crippen molar-refractivity contribution in [2.45, 2.75) is 0 Å². The largest absolute Gasteiger partial charge is 0.496 e. The Morgan fingerprint density at radius 3 is 2.32 bits per heavy atom. The number of ether oxygens (including phenoxy) is 2. The van der Waals surface area contributed by atoms with Crippen molar-refractivity contribution in [3.05, 3.63) is 82.8 Å². The summed E-state index contributed by atoms with van der Waals surface area (Å²) < 4.78 is 11.7. The highest BCUT2D eigenvalue weighted by atomic mass is 79.9. The molecular formula is C21H17BrN2O3S. The van der Waals surface area contributed by atoms with Gasteiger partial charge in [0.25, 0.3) is 5.91 Å². The Kier molecular flexibility index (Phi) is 6.62. The summed E-state index contributed by atoms with van der Waals surface area (Å²) in [4.78, 5) is 12.5. The SMILES string of the molecule is COc1ccc(Br)cc1C(=O)NC(=S)Nc1ccc(Oc2ccccc2)cc1. The average Bonchev–Trinajstić information content (AvgIpc) is 2.70. The van der Waals surface area contributed by atoms with Crippen LogP contribution in [0.2, 0.25) is 0 Å². The number of methoxy groups -OCH3 is 1. The first kappa shape index (κ1) is 19.9. The first-order valence-electron chi connectivity index (χ1n) is 8.34. The predicted octanol–water partition coefficient (Wildman–Crippen LogP) is 5.38. The second-order valence-corrected chi connectivity index (χ2v) is 7.02. The van der Waals surface area contributed by atoms with Gasteiger partial charge >= 0.3 is 0 Å². The van der Waals surface area contributed by atoms with Crippen LogP contribution in [0, 0.1) is 0 Å². The summed E-state index contributed by atoms with van der Waals surface area (Å²) in [5.41, 5.74) is 1.11. The van der Waals surface area contributed by atoms with E-state index in [1.165, 1.54) is 7.11 Å². The minimum atomic E-state index is -0.361. The second kappa shape index (κ2) is 9.34. The van der Waals surface area contributed by atoms with Crippen molar-refractivity contribution in [1.29, 1.82) is 0 Å². The van der Waals surface area contributed by atoms with Gasteiger partial charge in [-0.05, 0) is 66.8 Å². The van der Waals surface area contributed by atoms with Crippen molar-refractivity contribution in [2.75, 3.05) is 12.4 Å². The molecule has 5 nitrogen and oxygen atoms in total. The van der Waals surface area contributed by atoms with E-state index in [-0.39, 0.29) is 11.0 Å². The Morgan fingerprint density at radius 1 is 0.964 bits per heavy atom. The van der Waals surface area contributed by atoms with Crippen molar-refractivity contribution >= 4 is 44.9 Å². The molecule has 0 saturated carbocycles. The third kappa shape index (κ3) is 5.31. The Labute approximate surface area is 176 Å². The number of anilines is 1. The summed E-state index contributed by atoms with van der Waals surface area (Å²) in [6.07, 6.45) is 0. The maximum absolute atomic E-state index is 12.5. The van der Waals surface area contributed by atoms with Gasteiger partial charge in [-0.25, -0.2) is 0 Å². The van der Waals surface area contributed by atoms with Crippen molar-refractivity contribution in [1.82, 2.24) is 5.32 Å². The minimum Gasteiger partial charge on any atom is -0.496 e. The fraction of sp³-hybridized carbons (Fsp3) is 0.0476. The summed E-state index contributed by atoms with van der Waals surface area (Å²) in [7, 11) is 1.51. The molecule has 28 heavy (non-hydrogen) atoms. The number of halogens is 1. The number of hydrogen-bond acceptors (Lipinski definition) is 4. The first-order valence-corrected chi connectivity index (χ1v) is 9.54. The van der Waals surface area contributed by atoms with Gasteiger partial charge in [0.05, 0.1) is 12.7 Å². The fourth-order valence-corrected chi connectivity index (χ4v) is 2.99. The Bertz CT molecular complexity index is 979. The van der Waals surface area contributed by atoms with Gasteiger partial charge in [0, 0.05) is 10.2 Å². The standard InChI is InChI=1S/C21H17BrN2O3S/c1-26-19-12-7-14(22)13-18(19)20(25)24-21(28)23-15-8-10-17(11-9-15)27-16-5-3-2-4-6-16/h2-13H,1H3,(H2,23,24,25,28). The van der Waals surface area contributed by atoms with E-state index >= 15 is 0 Å². The lowest BCUT2D eigenvalue weighted by atomic mass is 10.2. The van der Waals surface area contributed by atoms with Gasteiger partial charge in [-0.3, -0.25) is 10.1 Å². The summed E-state index contributed by atoms with van der Waals surface area (Å²) >= 11 is 8.58. The van der Waals surface area contributed by atoms with Gasteiger partial charge < -0.3 is 14.8 Å². The van der Waals surface area contributed by atoms with Gasteiger partial charge in [0.15, 0.2) is 5.11 Å². The van der Waals surface area contributed by atoms with Crippen molar-refractivity contribution in [2.24, 2.45) is 0 Å². The summed E-state index contributed by atoms with van der Waals surface area (Å²) in [6, 6.07) is 22.0. The average molecular weight is 457 g/mol. The second-order valence-electron chi connectivity index (χ2n) is 5.69. The number of para-hydroxylation sites is 1. The van der Waals surface area contributed by atoms with Crippen LogP contribution < -0.4 is 20.1 Å². The van der Waals surface area contributed by atoms with Gasteiger partial charge in [0.2, 0.25) is 0 Å². The molecule has 0 heterocycles. The molecule has 7 heteroatoms. The number of amides is 1. The molecule has 3 aromatic rings. The maximum Gasteiger partial charge on any atom is 0.261 e.